The number of benzene rings is 1. The molecule has 164 valence electrons. The number of carbonyl (C=O) groups excluding carboxylic acids is 1. The third kappa shape index (κ3) is 4.87. The molecular weight excluding hydrogens is 420 g/mol. The van der Waals surface area contributed by atoms with Crippen LogP contribution in [0, 0.1) is 0 Å². The Hall–Kier alpha value is -2.94. The minimum Gasteiger partial charge on any atom is -0.481 e. The first-order valence-corrected chi connectivity index (χ1v) is 10.8. The molecule has 2 aromatic heterocycles. The van der Waals surface area contributed by atoms with E-state index in [1.54, 1.807) is 31.2 Å². The molecule has 0 N–H and O–H groups in total. The number of hydrogen-bond donors (Lipinski definition) is 0. The molecule has 0 aliphatic carbocycles. The van der Waals surface area contributed by atoms with E-state index in [2.05, 4.69) is 20.5 Å². The van der Waals surface area contributed by atoms with Crippen LogP contribution in [0.2, 0.25) is 5.02 Å². The third-order valence-electron chi connectivity index (χ3n) is 5.31. The number of hydrogen-bond acceptors (Lipinski definition) is 7. The lowest BCUT2D eigenvalue weighted by molar-refractivity contribution is -0.139. The molecule has 9 nitrogen and oxygen atoms in total. The Morgan fingerprint density at radius 2 is 1.90 bits per heavy atom. The van der Waals surface area contributed by atoms with Gasteiger partial charge >= 0.3 is 0 Å². The van der Waals surface area contributed by atoms with Gasteiger partial charge in [-0.3, -0.25) is 4.79 Å². The molecule has 1 atom stereocenters. The molecule has 10 heteroatoms. The van der Waals surface area contributed by atoms with Crippen LogP contribution in [-0.2, 0) is 4.79 Å². The number of carbonyl (C=O) groups is 1. The molecule has 4 rings (SSSR count). The number of nitrogens with zero attached hydrogens (tertiary/aromatic N) is 6. The Kier molecular flexibility index (Phi) is 6.22. The van der Waals surface area contributed by atoms with Gasteiger partial charge in [0, 0.05) is 24.0 Å². The van der Waals surface area contributed by atoms with Gasteiger partial charge in [0.2, 0.25) is 0 Å². The Balaban J connectivity index is 1.32. The van der Waals surface area contributed by atoms with Gasteiger partial charge in [0.05, 0.1) is 12.2 Å². The van der Waals surface area contributed by atoms with Crippen LogP contribution in [-0.4, -0.2) is 55.1 Å². The standard InChI is InChI=1S/C21H25ClN6O3/c1-13(2)19-23-20(31-25-19)18-12-28(26-24-18)16-8-10-27(11-9-16)21(29)14(3)30-17-6-4-15(22)5-7-17/h4-7,12-14,16H,8-11H2,1-3H3. The highest BCUT2D eigenvalue weighted by atomic mass is 35.5. The quantitative estimate of drug-likeness (QED) is 0.571. The van der Waals surface area contributed by atoms with E-state index in [1.807, 2.05) is 29.6 Å². The molecule has 31 heavy (non-hydrogen) atoms. The summed E-state index contributed by atoms with van der Waals surface area (Å²) < 4.78 is 12.9. The first-order valence-electron chi connectivity index (χ1n) is 10.4. The Bertz CT molecular complexity index is 1020. The minimum atomic E-state index is -0.566. The van der Waals surface area contributed by atoms with Gasteiger partial charge in [-0.2, -0.15) is 4.98 Å². The Morgan fingerprint density at radius 3 is 2.55 bits per heavy atom. The van der Waals surface area contributed by atoms with Crippen molar-refractivity contribution >= 4 is 17.5 Å². The molecule has 0 bridgehead atoms. The van der Waals surface area contributed by atoms with Crippen molar-refractivity contribution in [3.8, 4) is 17.3 Å². The second-order valence-corrected chi connectivity index (χ2v) is 8.40. The minimum absolute atomic E-state index is 0.0280. The molecule has 1 aromatic carbocycles. The van der Waals surface area contributed by atoms with Gasteiger partial charge in [-0.25, -0.2) is 4.68 Å². The van der Waals surface area contributed by atoms with Crippen molar-refractivity contribution in [2.45, 2.75) is 51.7 Å². The van der Waals surface area contributed by atoms with Crippen LogP contribution in [0.5, 0.6) is 5.75 Å². The number of piperidine rings is 1. The van der Waals surface area contributed by atoms with Crippen LogP contribution in [0.15, 0.2) is 35.0 Å². The van der Waals surface area contributed by atoms with Gasteiger partial charge in [0.15, 0.2) is 17.6 Å². The highest BCUT2D eigenvalue weighted by molar-refractivity contribution is 6.30. The van der Waals surface area contributed by atoms with E-state index in [4.69, 9.17) is 20.9 Å². The fourth-order valence-corrected chi connectivity index (χ4v) is 3.63. The van der Waals surface area contributed by atoms with Gasteiger partial charge in [0.25, 0.3) is 11.8 Å². The fraction of sp³-hybridized carbons (Fsp3) is 0.476. The summed E-state index contributed by atoms with van der Waals surface area (Å²) in [4.78, 5) is 19.0. The number of ether oxygens (including phenoxy) is 1. The number of aromatic nitrogens is 5. The zero-order chi connectivity index (χ0) is 22.0. The van der Waals surface area contributed by atoms with E-state index in [9.17, 15) is 4.79 Å². The predicted octanol–water partition coefficient (Wildman–Crippen LogP) is 3.74. The van der Waals surface area contributed by atoms with E-state index in [-0.39, 0.29) is 17.9 Å². The van der Waals surface area contributed by atoms with Crippen molar-refractivity contribution in [2.75, 3.05) is 13.1 Å². The maximum Gasteiger partial charge on any atom is 0.280 e. The van der Waals surface area contributed by atoms with Crippen LogP contribution >= 0.6 is 11.6 Å². The second-order valence-electron chi connectivity index (χ2n) is 7.97. The SMILES string of the molecule is CC(Oc1ccc(Cl)cc1)C(=O)N1CCC(n2cc(-c3nc(C(C)C)no3)nn2)CC1. The first-order chi connectivity index (χ1) is 14.9. The zero-order valence-electron chi connectivity index (χ0n) is 17.7. The van der Waals surface area contributed by atoms with E-state index in [0.717, 1.165) is 12.8 Å². The van der Waals surface area contributed by atoms with Crippen molar-refractivity contribution in [2.24, 2.45) is 0 Å². The van der Waals surface area contributed by atoms with E-state index in [0.29, 0.717) is 41.3 Å². The molecule has 0 radical (unpaired) electrons. The Labute approximate surface area is 185 Å². The lowest BCUT2D eigenvalue weighted by Gasteiger charge is -2.33. The number of halogens is 1. The van der Waals surface area contributed by atoms with Crippen molar-refractivity contribution in [1.82, 2.24) is 30.0 Å². The lowest BCUT2D eigenvalue weighted by Crippen LogP contribution is -2.45. The van der Waals surface area contributed by atoms with Crippen LogP contribution in [0.1, 0.15) is 51.4 Å². The second kappa shape index (κ2) is 9.05. The molecule has 0 saturated carbocycles. The molecule has 1 saturated heterocycles. The molecule has 1 amide bonds. The zero-order valence-corrected chi connectivity index (χ0v) is 18.5. The highest BCUT2D eigenvalue weighted by Crippen LogP contribution is 2.25. The molecule has 0 spiro atoms. The molecular formula is C21H25ClN6O3. The smallest absolute Gasteiger partial charge is 0.280 e. The molecule has 1 unspecified atom stereocenters. The van der Waals surface area contributed by atoms with Gasteiger partial charge in [-0.1, -0.05) is 35.8 Å². The molecule has 1 aliphatic heterocycles. The monoisotopic (exact) mass is 444 g/mol. The van der Waals surface area contributed by atoms with Crippen LogP contribution < -0.4 is 4.74 Å². The van der Waals surface area contributed by atoms with Crippen molar-refractivity contribution < 1.29 is 14.1 Å². The van der Waals surface area contributed by atoms with Gasteiger partial charge in [-0.05, 0) is 44.0 Å². The van der Waals surface area contributed by atoms with E-state index >= 15 is 0 Å². The van der Waals surface area contributed by atoms with E-state index in [1.165, 1.54) is 0 Å². The van der Waals surface area contributed by atoms with Crippen LogP contribution in [0.4, 0.5) is 0 Å². The molecule has 1 aliphatic rings. The Morgan fingerprint density at radius 1 is 1.19 bits per heavy atom. The summed E-state index contributed by atoms with van der Waals surface area (Å²) in [6, 6.07) is 7.15. The van der Waals surface area contributed by atoms with Gasteiger partial charge in [-0.15, -0.1) is 5.10 Å². The average molecular weight is 445 g/mol. The summed E-state index contributed by atoms with van der Waals surface area (Å²) in [5.74, 6) is 1.79. The summed E-state index contributed by atoms with van der Waals surface area (Å²) in [7, 11) is 0. The maximum atomic E-state index is 12.8. The normalized spacial score (nSPS) is 16.0. The topological polar surface area (TPSA) is 99.2 Å². The van der Waals surface area contributed by atoms with Crippen molar-refractivity contribution in [1.29, 1.82) is 0 Å². The fourth-order valence-electron chi connectivity index (χ4n) is 3.50. The largest absolute Gasteiger partial charge is 0.481 e. The summed E-state index contributed by atoms with van der Waals surface area (Å²) in [5.41, 5.74) is 0.558. The van der Waals surface area contributed by atoms with Crippen LogP contribution in [0.3, 0.4) is 0 Å². The summed E-state index contributed by atoms with van der Waals surface area (Å²) in [6.45, 7) is 7.03. The summed E-state index contributed by atoms with van der Waals surface area (Å²) in [6.07, 6.45) is 2.82. The van der Waals surface area contributed by atoms with Gasteiger partial charge < -0.3 is 14.2 Å². The molecule has 3 aromatic rings. The highest BCUT2D eigenvalue weighted by Gasteiger charge is 2.28. The van der Waals surface area contributed by atoms with Crippen molar-refractivity contribution in [3.05, 3.63) is 41.3 Å². The summed E-state index contributed by atoms with van der Waals surface area (Å²) in [5, 5.41) is 13.0. The van der Waals surface area contributed by atoms with Crippen LogP contribution in [0.25, 0.3) is 11.6 Å². The molecule has 3 heterocycles. The predicted molar refractivity (Wildman–Crippen MR) is 114 cm³/mol. The van der Waals surface area contributed by atoms with E-state index < -0.39 is 6.10 Å². The number of likely N-dealkylation sites (tertiary alicyclic amines) is 1. The van der Waals surface area contributed by atoms with Crippen molar-refractivity contribution in [3.63, 3.8) is 0 Å². The maximum absolute atomic E-state index is 12.8. The lowest BCUT2D eigenvalue weighted by atomic mass is 10.0. The third-order valence-corrected chi connectivity index (χ3v) is 5.56. The first kappa shape index (κ1) is 21.3. The molecule has 1 fully saturated rings. The average Bonchev–Trinajstić information content (AvgIpc) is 3.45. The number of amides is 1. The van der Waals surface area contributed by atoms with Gasteiger partial charge in [0.1, 0.15) is 5.75 Å². The number of rotatable bonds is 6. The summed E-state index contributed by atoms with van der Waals surface area (Å²) >= 11 is 5.89.